The SMILES string of the molecule is CC#CCn1ccn(-c2cccc(Cl)c2)c(=O)c1=O. The van der Waals surface area contributed by atoms with Crippen LogP contribution in [0.4, 0.5) is 0 Å². The van der Waals surface area contributed by atoms with Crippen LogP contribution in [0.25, 0.3) is 5.69 Å². The summed E-state index contributed by atoms with van der Waals surface area (Å²) in [6.07, 6.45) is 3.07. The van der Waals surface area contributed by atoms with Crippen molar-refractivity contribution in [2.45, 2.75) is 13.5 Å². The molecule has 0 spiro atoms. The molecule has 0 saturated carbocycles. The van der Waals surface area contributed by atoms with Gasteiger partial charge in [-0.05, 0) is 25.1 Å². The van der Waals surface area contributed by atoms with Crippen molar-refractivity contribution in [3.63, 3.8) is 0 Å². The van der Waals surface area contributed by atoms with Crippen LogP contribution in [0.15, 0.2) is 46.2 Å². The smallest absolute Gasteiger partial charge is 0.298 e. The quantitative estimate of drug-likeness (QED) is 0.618. The Labute approximate surface area is 114 Å². The van der Waals surface area contributed by atoms with Gasteiger partial charge in [0, 0.05) is 17.4 Å². The highest BCUT2D eigenvalue weighted by atomic mass is 35.5. The molecule has 0 N–H and O–H groups in total. The minimum Gasteiger partial charge on any atom is -0.298 e. The van der Waals surface area contributed by atoms with Gasteiger partial charge in [0.2, 0.25) is 0 Å². The molecule has 1 heterocycles. The van der Waals surface area contributed by atoms with Crippen LogP contribution in [-0.4, -0.2) is 9.13 Å². The summed E-state index contributed by atoms with van der Waals surface area (Å²) in [7, 11) is 0. The molecule has 1 aromatic carbocycles. The Hall–Kier alpha value is -2.25. The predicted octanol–water partition coefficient (Wildman–Crippen LogP) is 1.68. The summed E-state index contributed by atoms with van der Waals surface area (Å²) < 4.78 is 2.55. The molecule has 0 fully saturated rings. The zero-order valence-corrected chi connectivity index (χ0v) is 11.0. The molecule has 0 aliphatic carbocycles. The fourth-order valence-electron chi connectivity index (χ4n) is 1.63. The first kappa shape index (κ1) is 13.2. The second-order valence-corrected chi connectivity index (χ2v) is 4.25. The first-order valence-corrected chi connectivity index (χ1v) is 5.99. The molecule has 5 heteroatoms. The van der Waals surface area contributed by atoms with Crippen LogP contribution in [-0.2, 0) is 6.54 Å². The standard InChI is InChI=1S/C14H11ClN2O2/c1-2-3-7-16-8-9-17(14(19)13(16)18)12-6-4-5-11(15)10-12/h4-6,8-10H,7H2,1H3. The Balaban J connectivity index is 2.55. The molecular weight excluding hydrogens is 264 g/mol. The Morgan fingerprint density at radius 3 is 2.68 bits per heavy atom. The van der Waals surface area contributed by atoms with E-state index >= 15 is 0 Å². The summed E-state index contributed by atoms with van der Waals surface area (Å²) in [6, 6.07) is 6.76. The van der Waals surface area contributed by atoms with Gasteiger partial charge >= 0.3 is 11.1 Å². The highest BCUT2D eigenvalue weighted by molar-refractivity contribution is 6.30. The minimum atomic E-state index is -0.623. The maximum Gasteiger partial charge on any atom is 0.321 e. The first-order chi connectivity index (χ1) is 9.13. The minimum absolute atomic E-state index is 0.209. The molecule has 96 valence electrons. The summed E-state index contributed by atoms with van der Waals surface area (Å²) in [5.41, 5.74) is -0.670. The van der Waals surface area contributed by atoms with Crippen LogP contribution in [0.2, 0.25) is 5.02 Å². The third-order valence-corrected chi connectivity index (χ3v) is 2.81. The van der Waals surface area contributed by atoms with Crippen LogP contribution in [0.1, 0.15) is 6.92 Å². The van der Waals surface area contributed by atoms with E-state index in [0.29, 0.717) is 10.7 Å². The third-order valence-electron chi connectivity index (χ3n) is 2.57. The molecule has 2 aromatic rings. The summed E-state index contributed by atoms with van der Waals surface area (Å²) in [4.78, 5) is 23.9. The van der Waals surface area contributed by atoms with Crippen LogP contribution in [0.3, 0.4) is 0 Å². The zero-order valence-electron chi connectivity index (χ0n) is 10.3. The number of hydrogen-bond acceptors (Lipinski definition) is 2. The van der Waals surface area contributed by atoms with Gasteiger partial charge in [-0.3, -0.25) is 18.7 Å². The van der Waals surface area contributed by atoms with Crippen molar-refractivity contribution in [1.82, 2.24) is 9.13 Å². The average Bonchev–Trinajstić information content (AvgIpc) is 2.40. The lowest BCUT2D eigenvalue weighted by molar-refractivity contribution is 0.744. The molecule has 0 amide bonds. The second kappa shape index (κ2) is 5.59. The topological polar surface area (TPSA) is 44.0 Å². The normalized spacial score (nSPS) is 9.79. The van der Waals surface area contributed by atoms with Crippen molar-refractivity contribution in [2.24, 2.45) is 0 Å². The van der Waals surface area contributed by atoms with E-state index in [9.17, 15) is 9.59 Å². The molecule has 0 unspecified atom stereocenters. The fourth-order valence-corrected chi connectivity index (χ4v) is 1.81. The van der Waals surface area contributed by atoms with Gasteiger partial charge in [0.05, 0.1) is 12.2 Å². The Morgan fingerprint density at radius 1 is 1.21 bits per heavy atom. The van der Waals surface area contributed by atoms with E-state index in [2.05, 4.69) is 11.8 Å². The average molecular weight is 275 g/mol. The van der Waals surface area contributed by atoms with Crippen LogP contribution in [0.5, 0.6) is 0 Å². The van der Waals surface area contributed by atoms with Gasteiger partial charge in [-0.25, -0.2) is 0 Å². The number of benzene rings is 1. The summed E-state index contributed by atoms with van der Waals surface area (Å²) >= 11 is 5.87. The third kappa shape index (κ3) is 2.78. The molecular formula is C14H11ClN2O2. The van der Waals surface area contributed by atoms with Gasteiger partial charge in [-0.1, -0.05) is 23.6 Å². The van der Waals surface area contributed by atoms with Crippen LogP contribution < -0.4 is 11.1 Å². The molecule has 4 nitrogen and oxygen atoms in total. The maximum atomic E-state index is 12.0. The van der Waals surface area contributed by atoms with Crippen molar-refractivity contribution in [2.75, 3.05) is 0 Å². The lowest BCUT2D eigenvalue weighted by atomic mass is 10.3. The zero-order chi connectivity index (χ0) is 13.8. The molecule has 0 radical (unpaired) electrons. The Kier molecular flexibility index (Phi) is 3.88. The lowest BCUT2D eigenvalue weighted by Crippen LogP contribution is -2.39. The van der Waals surface area contributed by atoms with Crippen molar-refractivity contribution < 1.29 is 0 Å². The largest absolute Gasteiger partial charge is 0.321 e. The second-order valence-electron chi connectivity index (χ2n) is 3.81. The van der Waals surface area contributed by atoms with Gasteiger partial charge < -0.3 is 0 Å². The highest BCUT2D eigenvalue weighted by Crippen LogP contribution is 2.12. The number of hydrogen-bond donors (Lipinski definition) is 0. The maximum absolute atomic E-state index is 12.0. The van der Waals surface area contributed by atoms with Crippen molar-refractivity contribution in [1.29, 1.82) is 0 Å². The number of aromatic nitrogens is 2. The molecule has 0 aliphatic heterocycles. The monoisotopic (exact) mass is 274 g/mol. The van der Waals surface area contributed by atoms with Gasteiger partial charge in [-0.15, -0.1) is 5.92 Å². The molecule has 19 heavy (non-hydrogen) atoms. The number of rotatable bonds is 2. The molecule has 0 atom stereocenters. The van der Waals surface area contributed by atoms with E-state index < -0.39 is 11.1 Å². The van der Waals surface area contributed by atoms with E-state index in [1.54, 1.807) is 31.2 Å². The van der Waals surface area contributed by atoms with Gasteiger partial charge in [0.1, 0.15) is 0 Å². The lowest BCUT2D eigenvalue weighted by Gasteiger charge is -2.07. The summed E-state index contributed by atoms with van der Waals surface area (Å²) in [5.74, 6) is 5.43. The number of nitrogens with zero attached hydrogens (tertiary/aromatic N) is 2. The highest BCUT2D eigenvalue weighted by Gasteiger charge is 2.06. The Morgan fingerprint density at radius 2 is 2.00 bits per heavy atom. The van der Waals surface area contributed by atoms with Crippen molar-refractivity contribution in [3.8, 4) is 17.5 Å². The Bertz CT molecular complexity index is 778. The van der Waals surface area contributed by atoms with Gasteiger partial charge in [0.15, 0.2) is 0 Å². The molecule has 2 rings (SSSR count). The first-order valence-electron chi connectivity index (χ1n) is 5.61. The van der Waals surface area contributed by atoms with E-state index in [4.69, 9.17) is 11.6 Å². The molecule has 0 bridgehead atoms. The van der Waals surface area contributed by atoms with E-state index in [1.807, 2.05) is 0 Å². The van der Waals surface area contributed by atoms with Crippen molar-refractivity contribution >= 4 is 11.6 Å². The number of halogens is 1. The van der Waals surface area contributed by atoms with Gasteiger partial charge in [-0.2, -0.15) is 0 Å². The van der Waals surface area contributed by atoms with Crippen molar-refractivity contribution in [3.05, 3.63) is 62.4 Å². The summed E-state index contributed by atoms with van der Waals surface area (Å²) in [6.45, 7) is 1.89. The molecule has 1 aromatic heterocycles. The van der Waals surface area contributed by atoms with E-state index in [-0.39, 0.29) is 6.54 Å². The van der Waals surface area contributed by atoms with E-state index in [0.717, 1.165) is 0 Å². The van der Waals surface area contributed by atoms with Gasteiger partial charge in [0.25, 0.3) is 0 Å². The predicted molar refractivity (Wildman–Crippen MR) is 74.8 cm³/mol. The van der Waals surface area contributed by atoms with Crippen LogP contribution in [0, 0.1) is 11.8 Å². The molecule has 0 aliphatic rings. The van der Waals surface area contributed by atoms with E-state index in [1.165, 1.54) is 21.5 Å². The summed E-state index contributed by atoms with van der Waals surface area (Å²) in [5, 5.41) is 0.505. The fraction of sp³-hybridized carbons (Fsp3) is 0.143. The van der Waals surface area contributed by atoms with Crippen LogP contribution >= 0.6 is 11.6 Å². The molecule has 0 saturated heterocycles.